The summed E-state index contributed by atoms with van der Waals surface area (Å²) >= 11 is 0. The van der Waals surface area contributed by atoms with Crippen LogP contribution in [0, 0.1) is 23.7 Å². The van der Waals surface area contributed by atoms with Gasteiger partial charge in [0.15, 0.2) is 6.29 Å². The summed E-state index contributed by atoms with van der Waals surface area (Å²) in [6, 6.07) is 0. The zero-order valence-corrected chi connectivity index (χ0v) is 21.2. The van der Waals surface area contributed by atoms with Crippen molar-refractivity contribution >= 4 is 5.97 Å². The highest BCUT2D eigenvalue weighted by molar-refractivity contribution is 5.72. The van der Waals surface area contributed by atoms with Crippen LogP contribution >= 0.6 is 0 Å². The van der Waals surface area contributed by atoms with Gasteiger partial charge in [-0.15, -0.1) is 0 Å². The van der Waals surface area contributed by atoms with Gasteiger partial charge in [-0.25, -0.2) is 0 Å². The van der Waals surface area contributed by atoms with Crippen LogP contribution in [0.2, 0.25) is 0 Å². The second-order valence-corrected chi connectivity index (χ2v) is 10.9. The summed E-state index contributed by atoms with van der Waals surface area (Å²) < 4.78 is 17.5. The van der Waals surface area contributed by atoms with E-state index in [1.165, 1.54) is 0 Å². The number of esters is 1. The number of carbonyl (C=O) groups excluding carboxylic acids is 1. The van der Waals surface area contributed by atoms with E-state index in [1.54, 1.807) is 32.7 Å². The van der Waals surface area contributed by atoms with E-state index in [-0.39, 0.29) is 24.4 Å². The van der Waals surface area contributed by atoms with Gasteiger partial charge in [-0.05, 0) is 58.4 Å². The van der Waals surface area contributed by atoms with Crippen LogP contribution in [0.3, 0.4) is 0 Å². The van der Waals surface area contributed by atoms with Crippen LogP contribution < -0.4 is 0 Å². The fraction of sp³-hybridized carbons (Fsp3) is 0.958. The van der Waals surface area contributed by atoms with Crippen molar-refractivity contribution in [3.63, 3.8) is 0 Å². The summed E-state index contributed by atoms with van der Waals surface area (Å²) in [4.78, 5) is 14.5. The molecule has 194 valence electrons. The number of hydrogen-bond acceptors (Lipinski definition) is 9. The van der Waals surface area contributed by atoms with Gasteiger partial charge in [0.1, 0.15) is 18.9 Å². The number of aliphatic hydroxyl groups excluding tert-OH is 3. The number of likely N-dealkylation sites (N-methyl/N-ethyl adjacent to an activating group) is 1. The Morgan fingerprint density at radius 3 is 2.30 bits per heavy atom. The molecule has 0 aromatic rings. The molecule has 9 nitrogen and oxygen atoms in total. The van der Waals surface area contributed by atoms with Gasteiger partial charge in [0.05, 0.1) is 29.8 Å². The molecule has 2 fully saturated rings. The summed E-state index contributed by atoms with van der Waals surface area (Å²) in [7, 11) is 1.69. The number of aliphatic hydroxyl groups is 4. The molecule has 0 radical (unpaired) electrons. The average molecular weight is 476 g/mol. The van der Waals surface area contributed by atoms with Crippen LogP contribution in [0.1, 0.15) is 60.8 Å². The number of ether oxygens (including phenoxy) is 3. The van der Waals surface area contributed by atoms with Gasteiger partial charge in [0.25, 0.3) is 0 Å². The van der Waals surface area contributed by atoms with Gasteiger partial charge in [0, 0.05) is 13.0 Å². The first-order valence-corrected chi connectivity index (χ1v) is 12.2. The maximum atomic E-state index is 12.9. The van der Waals surface area contributed by atoms with Gasteiger partial charge in [0.2, 0.25) is 0 Å². The minimum Gasteiger partial charge on any atom is -0.462 e. The molecule has 4 N–H and O–H groups in total. The van der Waals surface area contributed by atoms with Crippen molar-refractivity contribution in [1.29, 1.82) is 0 Å². The number of nitrogens with zero attached hydrogens (tertiary/aromatic N) is 1. The molecule has 2 aliphatic heterocycles. The van der Waals surface area contributed by atoms with Gasteiger partial charge in [-0.3, -0.25) is 9.69 Å². The van der Waals surface area contributed by atoms with E-state index in [1.807, 2.05) is 20.8 Å². The van der Waals surface area contributed by atoms with Crippen molar-refractivity contribution < 1.29 is 39.4 Å². The molecule has 33 heavy (non-hydrogen) atoms. The lowest BCUT2D eigenvalue weighted by molar-refractivity contribution is -0.261. The Kier molecular flexibility index (Phi) is 10.1. The second kappa shape index (κ2) is 11.7. The van der Waals surface area contributed by atoms with Crippen LogP contribution in [0.4, 0.5) is 0 Å². The largest absolute Gasteiger partial charge is 0.462 e. The Morgan fingerprint density at radius 2 is 1.70 bits per heavy atom. The third-order valence-corrected chi connectivity index (χ3v) is 7.07. The molecule has 11 atom stereocenters. The van der Waals surface area contributed by atoms with Crippen molar-refractivity contribution in [2.45, 2.75) is 103 Å². The minimum absolute atomic E-state index is 0.0209. The fourth-order valence-electron chi connectivity index (χ4n) is 5.41. The Morgan fingerprint density at radius 1 is 1.06 bits per heavy atom. The van der Waals surface area contributed by atoms with Crippen LogP contribution in [0.25, 0.3) is 0 Å². The zero-order valence-electron chi connectivity index (χ0n) is 21.2. The van der Waals surface area contributed by atoms with Gasteiger partial charge < -0.3 is 34.6 Å². The summed E-state index contributed by atoms with van der Waals surface area (Å²) in [6.07, 6.45) is -3.26. The van der Waals surface area contributed by atoms with Crippen molar-refractivity contribution in [2.24, 2.45) is 23.7 Å². The molecule has 2 heterocycles. The lowest BCUT2D eigenvalue weighted by Gasteiger charge is -2.41. The van der Waals surface area contributed by atoms with Crippen LogP contribution in [0.5, 0.6) is 0 Å². The first-order valence-electron chi connectivity index (χ1n) is 12.2. The highest BCUT2D eigenvalue weighted by atomic mass is 16.7. The Labute approximate surface area is 198 Å². The molecule has 0 saturated carbocycles. The molecular formula is C24H45NO8. The number of rotatable bonds is 2. The summed E-state index contributed by atoms with van der Waals surface area (Å²) in [5, 5.41) is 42.1. The lowest BCUT2D eigenvalue weighted by atomic mass is 9.80. The van der Waals surface area contributed by atoms with E-state index in [2.05, 4.69) is 0 Å². The molecule has 0 spiro atoms. The van der Waals surface area contributed by atoms with E-state index < -0.39 is 54.4 Å². The summed E-state index contributed by atoms with van der Waals surface area (Å²) in [5.74, 6) is -1.42. The first kappa shape index (κ1) is 28.4. The quantitative estimate of drug-likeness (QED) is 0.434. The highest BCUT2D eigenvalue weighted by Crippen LogP contribution is 2.34. The van der Waals surface area contributed by atoms with E-state index >= 15 is 0 Å². The maximum absolute atomic E-state index is 12.9. The molecule has 0 bridgehead atoms. The fourth-order valence-corrected chi connectivity index (χ4v) is 5.41. The number of hydrogen-bond donors (Lipinski definition) is 4. The van der Waals surface area contributed by atoms with Gasteiger partial charge >= 0.3 is 5.97 Å². The number of cyclic esters (lactones) is 1. The molecule has 0 aromatic heterocycles. The monoisotopic (exact) mass is 475 g/mol. The molecular weight excluding hydrogens is 430 g/mol. The summed E-state index contributed by atoms with van der Waals surface area (Å²) in [5.41, 5.74) is -1.03. The molecule has 9 heteroatoms. The van der Waals surface area contributed by atoms with E-state index in [4.69, 9.17) is 14.2 Å². The normalized spacial score (nSPS) is 47.5. The van der Waals surface area contributed by atoms with Crippen LogP contribution in [0.15, 0.2) is 0 Å². The average Bonchev–Trinajstić information content (AvgIpc) is 2.70. The molecule has 0 aliphatic carbocycles. The van der Waals surface area contributed by atoms with Gasteiger partial charge in [-0.2, -0.15) is 0 Å². The zero-order chi connectivity index (χ0) is 25.1. The van der Waals surface area contributed by atoms with E-state index in [9.17, 15) is 25.2 Å². The Balaban J connectivity index is 2.25. The standard InChI is InChI=1S/C24H45NO8/c1-13-9-24(6,30)10-15(3)21(33-19-8-14(2)20(27)17(5)32-19)16(4)23(29)31-12-18(26)22(28)25(7)11-13/h13-22,26-28,30H,8-12H2,1-7H3/t13-,14?,15-,16?,17?,18?,19+,20-,21+,22?,24-/m1/s1. The van der Waals surface area contributed by atoms with Crippen molar-refractivity contribution in [3.05, 3.63) is 0 Å². The predicted octanol–water partition coefficient (Wildman–Crippen LogP) is 1.11. The molecule has 2 saturated heterocycles. The van der Waals surface area contributed by atoms with E-state index in [0.717, 1.165) is 0 Å². The molecule has 0 aromatic carbocycles. The molecule has 2 rings (SSSR count). The lowest BCUT2D eigenvalue weighted by Crippen LogP contribution is -2.49. The van der Waals surface area contributed by atoms with E-state index in [0.29, 0.717) is 25.8 Å². The highest BCUT2D eigenvalue weighted by Gasteiger charge is 2.41. The molecule has 0 amide bonds. The number of carbonyl (C=O) groups is 1. The topological polar surface area (TPSA) is 129 Å². The van der Waals surface area contributed by atoms with Crippen LogP contribution in [-0.4, -0.2) is 94.0 Å². The molecule has 2 aliphatic rings. The van der Waals surface area contributed by atoms with Crippen molar-refractivity contribution in [1.82, 2.24) is 4.90 Å². The Bertz CT molecular complexity index is 620. The predicted molar refractivity (Wildman–Crippen MR) is 122 cm³/mol. The van der Waals surface area contributed by atoms with Gasteiger partial charge in [-0.1, -0.05) is 20.8 Å². The van der Waals surface area contributed by atoms with Crippen LogP contribution in [-0.2, 0) is 19.0 Å². The van der Waals surface area contributed by atoms with Crippen molar-refractivity contribution in [2.75, 3.05) is 20.2 Å². The minimum atomic E-state index is -1.26. The smallest absolute Gasteiger partial charge is 0.311 e. The third kappa shape index (κ3) is 7.85. The summed E-state index contributed by atoms with van der Waals surface area (Å²) in [6.45, 7) is 11.3. The second-order valence-electron chi connectivity index (χ2n) is 10.9. The molecule has 5 unspecified atom stereocenters. The maximum Gasteiger partial charge on any atom is 0.311 e. The first-order chi connectivity index (χ1) is 15.2. The third-order valence-electron chi connectivity index (χ3n) is 7.07. The van der Waals surface area contributed by atoms with Crippen molar-refractivity contribution in [3.8, 4) is 0 Å². The Hall–Kier alpha value is -0.810. The SMILES string of the molecule is CC1C[C@H](O[C@@H]2C(C)C(=O)OCC(O)C(O)N(C)C[C@H](C)C[C@@](C)(O)C[C@H]2C)OC(C)[C@@H]1O.